The molecule has 2 atom stereocenters. The fourth-order valence-electron chi connectivity index (χ4n) is 4.87. The third-order valence-electron chi connectivity index (χ3n) is 7.09. The van der Waals surface area contributed by atoms with Crippen LogP contribution in [0.3, 0.4) is 0 Å². The van der Waals surface area contributed by atoms with Crippen LogP contribution in [0.25, 0.3) is 0 Å². The van der Waals surface area contributed by atoms with E-state index in [1.165, 1.54) is 0 Å². The van der Waals surface area contributed by atoms with Gasteiger partial charge in [-0.15, -0.1) is 0 Å². The summed E-state index contributed by atoms with van der Waals surface area (Å²) in [5.74, 6) is 0.962. The van der Waals surface area contributed by atoms with Crippen LogP contribution in [0.5, 0.6) is 5.75 Å². The Morgan fingerprint density at radius 3 is 2.12 bits per heavy atom. The van der Waals surface area contributed by atoms with E-state index in [-0.39, 0.29) is 29.4 Å². The zero-order valence-electron chi connectivity index (χ0n) is 25.2. The predicted octanol–water partition coefficient (Wildman–Crippen LogP) is 5.68. The Labute approximate surface area is 241 Å². The van der Waals surface area contributed by atoms with Crippen LogP contribution in [0.2, 0.25) is 0 Å². The highest BCUT2D eigenvalue weighted by atomic mass is 16.5. The number of hydrogen-bond acceptors (Lipinski definition) is 4. The summed E-state index contributed by atoms with van der Waals surface area (Å²) in [5.41, 5.74) is 2.15. The lowest BCUT2D eigenvalue weighted by atomic mass is 10.0. The third-order valence-corrected chi connectivity index (χ3v) is 7.09. The molecular formula is C33H50N4O3. The Morgan fingerprint density at radius 1 is 0.875 bits per heavy atom. The topological polar surface area (TPSA) is 82.7 Å². The van der Waals surface area contributed by atoms with E-state index in [4.69, 9.17) is 4.74 Å². The van der Waals surface area contributed by atoms with Crippen LogP contribution in [0.4, 0.5) is 4.79 Å². The monoisotopic (exact) mass is 550 g/mol. The summed E-state index contributed by atoms with van der Waals surface area (Å²) >= 11 is 0. The van der Waals surface area contributed by atoms with E-state index in [2.05, 4.69) is 62.7 Å². The van der Waals surface area contributed by atoms with E-state index in [9.17, 15) is 9.59 Å². The van der Waals surface area contributed by atoms with E-state index < -0.39 is 6.04 Å². The lowest BCUT2D eigenvalue weighted by Gasteiger charge is -2.29. The summed E-state index contributed by atoms with van der Waals surface area (Å²) in [6.45, 7) is 13.2. The van der Waals surface area contributed by atoms with Crippen molar-refractivity contribution in [2.45, 2.75) is 97.4 Å². The molecule has 0 aromatic heterocycles. The van der Waals surface area contributed by atoms with E-state index in [1.54, 1.807) is 0 Å². The molecule has 2 aromatic carbocycles. The summed E-state index contributed by atoms with van der Waals surface area (Å²) in [6.07, 6.45) is 5.61. The Bertz CT molecular complexity index is 1030. The summed E-state index contributed by atoms with van der Waals surface area (Å²) in [5, 5.41) is 9.86. The van der Waals surface area contributed by atoms with Gasteiger partial charge in [0.25, 0.3) is 0 Å². The Kier molecular flexibility index (Phi) is 12.3. The fourth-order valence-corrected chi connectivity index (χ4v) is 4.87. The number of hydrogen-bond donors (Lipinski definition) is 3. The molecule has 3 rings (SSSR count). The van der Waals surface area contributed by atoms with Gasteiger partial charge in [0.15, 0.2) is 0 Å². The van der Waals surface area contributed by atoms with E-state index >= 15 is 0 Å². The van der Waals surface area contributed by atoms with Gasteiger partial charge in [0.2, 0.25) is 5.91 Å². The molecule has 1 aliphatic heterocycles. The molecule has 2 aromatic rings. The molecule has 40 heavy (non-hydrogen) atoms. The van der Waals surface area contributed by atoms with Crippen LogP contribution in [0.15, 0.2) is 54.6 Å². The van der Waals surface area contributed by atoms with Crippen LogP contribution >= 0.6 is 0 Å². The first-order valence-corrected chi connectivity index (χ1v) is 15.0. The van der Waals surface area contributed by atoms with Crippen molar-refractivity contribution in [3.8, 4) is 5.75 Å². The van der Waals surface area contributed by atoms with Gasteiger partial charge in [-0.2, -0.15) is 0 Å². The van der Waals surface area contributed by atoms with Gasteiger partial charge in [0, 0.05) is 31.2 Å². The standard InChI is InChI=1S/C33H50N4O3/c1-25(2)21-30(36-32(39)37-19-11-6-7-12-20-37)31(38)35-28(23-34-33(3,4)5)22-26-15-17-29(18-16-26)40-24-27-13-9-8-10-14-27/h8-10,13-18,25,28,30,34H,6-7,11-12,19-24H2,1-5H3,(H,35,38)(H,36,39)/t28-,30-/m0/s1. The smallest absolute Gasteiger partial charge is 0.318 e. The fraction of sp³-hybridized carbons (Fsp3) is 0.576. The molecule has 0 saturated carbocycles. The SMILES string of the molecule is CC(C)C[C@H](NC(=O)N1CCCCCC1)C(=O)N[C@H](CNC(C)(C)C)Cc1ccc(OCc2ccccc2)cc1. The van der Waals surface area contributed by atoms with Crippen LogP contribution in [0.1, 0.15) is 77.8 Å². The second kappa shape index (κ2) is 15.7. The highest BCUT2D eigenvalue weighted by Crippen LogP contribution is 2.16. The molecule has 0 radical (unpaired) electrons. The zero-order valence-corrected chi connectivity index (χ0v) is 25.2. The van der Waals surface area contributed by atoms with Crippen LogP contribution in [0, 0.1) is 5.92 Å². The van der Waals surface area contributed by atoms with Gasteiger partial charge in [0.1, 0.15) is 18.4 Å². The third kappa shape index (κ3) is 11.6. The number of carbonyl (C=O) groups excluding carboxylic acids is 2. The number of urea groups is 1. The van der Waals surface area contributed by atoms with Crippen LogP contribution < -0.4 is 20.7 Å². The van der Waals surface area contributed by atoms with Crippen LogP contribution in [-0.4, -0.2) is 54.1 Å². The van der Waals surface area contributed by atoms with E-state index in [0.717, 1.165) is 55.6 Å². The normalized spacial score (nSPS) is 15.7. The largest absolute Gasteiger partial charge is 0.489 e. The molecule has 0 bridgehead atoms. The quantitative estimate of drug-likeness (QED) is 0.318. The van der Waals surface area contributed by atoms with Crippen molar-refractivity contribution in [2.75, 3.05) is 19.6 Å². The maximum Gasteiger partial charge on any atom is 0.318 e. The zero-order chi connectivity index (χ0) is 29.0. The van der Waals surface area contributed by atoms with Crippen molar-refractivity contribution in [3.05, 3.63) is 65.7 Å². The van der Waals surface area contributed by atoms with Crippen molar-refractivity contribution in [1.82, 2.24) is 20.9 Å². The second-order valence-corrected chi connectivity index (χ2v) is 12.5. The molecule has 7 heteroatoms. The van der Waals surface area contributed by atoms with Crippen molar-refractivity contribution in [1.29, 1.82) is 0 Å². The number of carbonyl (C=O) groups is 2. The summed E-state index contributed by atoms with van der Waals surface area (Å²) < 4.78 is 5.95. The van der Waals surface area contributed by atoms with Crippen molar-refractivity contribution >= 4 is 11.9 Å². The van der Waals surface area contributed by atoms with Crippen molar-refractivity contribution < 1.29 is 14.3 Å². The number of amides is 3. The number of rotatable bonds is 12. The lowest BCUT2D eigenvalue weighted by Crippen LogP contribution is -2.56. The molecule has 1 saturated heterocycles. The maximum atomic E-state index is 13.6. The molecule has 7 nitrogen and oxygen atoms in total. The predicted molar refractivity (Wildman–Crippen MR) is 162 cm³/mol. The molecule has 220 valence electrons. The number of ether oxygens (including phenoxy) is 1. The minimum absolute atomic E-state index is 0.0869. The minimum Gasteiger partial charge on any atom is -0.489 e. The van der Waals surface area contributed by atoms with Gasteiger partial charge in [-0.25, -0.2) is 4.79 Å². The van der Waals surface area contributed by atoms with Gasteiger partial charge < -0.3 is 25.6 Å². The first kappa shape index (κ1) is 31.5. The van der Waals surface area contributed by atoms with Gasteiger partial charge >= 0.3 is 6.03 Å². The average molecular weight is 551 g/mol. The van der Waals surface area contributed by atoms with E-state index in [0.29, 0.717) is 26.0 Å². The molecule has 3 amide bonds. The molecule has 0 aliphatic carbocycles. The van der Waals surface area contributed by atoms with Gasteiger partial charge in [-0.05, 0) is 75.6 Å². The average Bonchev–Trinajstić information content (AvgIpc) is 3.21. The Hall–Kier alpha value is -3.06. The van der Waals surface area contributed by atoms with E-state index in [1.807, 2.05) is 47.4 Å². The summed E-state index contributed by atoms with van der Waals surface area (Å²) in [7, 11) is 0. The highest BCUT2D eigenvalue weighted by molar-refractivity contribution is 5.87. The molecule has 0 unspecified atom stereocenters. The molecule has 1 fully saturated rings. The van der Waals surface area contributed by atoms with Crippen molar-refractivity contribution in [2.24, 2.45) is 5.92 Å². The van der Waals surface area contributed by atoms with Gasteiger partial charge in [-0.3, -0.25) is 4.79 Å². The summed E-state index contributed by atoms with van der Waals surface area (Å²) in [4.78, 5) is 28.5. The first-order chi connectivity index (χ1) is 19.1. The number of nitrogens with one attached hydrogen (secondary N) is 3. The molecular weight excluding hydrogens is 500 g/mol. The second-order valence-electron chi connectivity index (χ2n) is 12.5. The summed E-state index contributed by atoms with van der Waals surface area (Å²) in [6, 6.07) is 17.4. The van der Waals surface area contributed by atoms with Gasteiger partial charge in [0.05, 0.1) is 0 Å². The Balaban J connectivity index is 1.64. The highest BCUT2D eigenvalue weighted by Gasteiger charge is 2.27. The molecule has 1 heterocycles. The lowest BCUT2D eigenvalue weighted by molar-refractivity contribution is -0.124. The number of likely N-dealkylation sites (tertiary alicyclic amines) is 1. The van der Waals surface area contributed by atoms with Crippen molar-refractivity contribution in [3.63, 3.8) is 0 Å². The van der Waals surface area contributed by atoms with Crippen LogP contribution in [-0.2, 0) is 17.8 Å². The molecule has 3 N–H and O–H groups in total. The molecule has 0 spiro atoms. The molecule has 1 aliphatic rings. The maximum absolute atomic E-state index is 13.6. The minimum atomic E-state index is -0.568. The first-order valence-electron chi connectivity index (χ1n) is 15.0. The Morgan fingerprint density at radius 2 is 1.52 bits per heavy atom. The van der Waals surface area contributed by atoms with Gasteiger partial charge in [-0.1, -0.05) is 69.2 Å². The number of nitrogens with zero attached hydrogens (tertiary/aromatic N) is 1. The number of benzene rings is 2.